The van der Waals surface area contributed by atoms with Gasteiger partial charge in [0.05, 0.1) is 18.7 Å². The molecule has 2 aromatic rings. The molecule has 3 rings (SSSR count). The fourth-order valence-corrected chi connectivity index (χ4v) is 2.90. The summed E-state index contributed by atoms with van der Waals surface area (Å²) in [5.41, 5.74) is 3.57. The van der Waals surface area contributed by atoms with Gasteiger partial charge in [0.1, 0.15) is 5.75 Å². The quantitative estimate of drug-likeness (QED) is 0.791. The van der Waals surface area contributed by atoms with Gasteiger partial charge in [0, 0.05) is 17.5 Å². The number of anilines is 1. The number of hydrogen-bond donors (Lipinski definition) is 3. The first-order chi connectivity index (χ1) is 12.5. The molecule has 1 aliphatic heterocycles. The van der Waals surface area contributed by atoms with Gasteiger partial charge >= 0.3 is 6.03 Å². The van der Waals surface area contributed by atoms with E-state index in [1.807, 2.05) is 31.2 Å². The molecule has 1 aliphatic rings. The Bertz CT molecular complexity index is 872. The number of amides is 3. The summed E-state index contributed by atoms with van der Waals surface area (Å²) in [6.07, 6.45) is 0. The smallest absolute Gasteiger partial charge is 0.319 e. The van der Waals surface area contributed by atoms with E-state index in [0.717, 1.165) is 11.1 Å². The number of methoxy groups -OCH3 is 1. The van der Waals surface area contributed by atoms with Crippen molar-refractivity contribution in [2.75, 3.05) is 12.4 Å². The van der Waals surface area contributed by atoms with Crippen molar-refractivity contribution in [2.45, 2.75) is 19.9 Å². The predicted octanol–water partition coefficient (Wildman–Crippen LogP) is 3.27. The minimum atomic E-state index is -0.519. The lowest BCUT2D eigenvalue weighted by atomic mass is 9.94. The molecule has 0 radical (unpaired) electrons. The van der Waals surface area contributed by atoms with E-state index >= 15 is 0 Å². The number of ether oxygens (including phenoxy) is 1. The highest BCUT2D eigenvalue weighted by molar-refractivity contribution is 6.06. The molecule has 3 amide bonds. The first-order valence-corrected chi connectivity index (χ1v) is 8.28. The predicted molar refractivity (Wildman–Crippen MR) is 99.9 cm³/mol. The second kappa shape index (κ2) is 7.31. The monoisotopic (exact) mass is 351 g/mol. The number of aryl methyl sites for hydroxylation is 1. The molecule has 1 atom stereocenters. The first-order valence-electron chi connectivity index (χ1n) is 8.28. The highest BCUT2D eigenvalue weighted by Crippen LogP contribution is 2.28. The summed E-state index contributed by atoms with van der Waals surface area (Å²) in [4.78, 5) is 24.9. The maximum Gasteiger partial charge on any atom is 0.319 e. The summed E-state index contributed by atoms with van der Waals surface area (Å²) in [5.74, 6) is 0.368. The van der Waals surface area contributed by atoms with E-state index in [4.69, 9.17) is 4.74 Å². The van der Waals surface area contributed by atoms with Gasteiger partial charge < -0.3 is 20.7 Å². The van der Waals surface area contributed by atoms with Crippen molar-refractivity contribution in [1.29, 1.82) is 0 Å². The van der Waals surface area contributed by atoms with E-state index in [1.54, 1.807) is 38.3 Å². The van der Waals surface area contributed by atoms with Gasteiger partial charge in [0.15, 0.2) is 0 Å². The van der Waals surface area contributed by atoms with E-state index < -0.39 is 6.04 Å². The Balaban J connectivity index is 1.92. The fraction of sp³-hybridized carbons (Fsp3) is 0.200. The zero-order valence-corrected chi connectivity index (χ0v) is 14.9. The lowest BCUT2D eigenvalue weighted by Gasteiger charge is -2.28. The van der Waals surface area contributed by atoms with E-state index in [2.05, 4.69) is 16.0 Å². The summed E-state index contributed by atoms with van der Waals surface area (Å²) in [6, 6.07) is 14.0. The third-order valence-electron chi connectivity index (χ3n) is 4.25. The Morgan fingerprint density at radius 1 is 1.12 bits per heavy atom. The number of rotatable bonds is 4. The summed E-state index contributed by atoms with van der Waals surface area (Å²) >= 11 is 0. The van der Waals surface area contributed by atoms with Crippen molar-refractivity contribution >= 4 is 17.6 Å². The Morgan fingerprint density at radius 2 is 1.85 bits per heavy atom. The lowest BCUT2D eigenvalue weighted by molar-refractivity contribution is -0.113. The average molecular weight is 351 g/mol. The number of hydrogen-bond acceptors (Lipinski definition) is 3. The van der Waals surface area contributed by atoms with Crippen LogP contribution in [0.3, 0.4) is 0 Å². The molecule has 0 aromatic heterocycles. The van der Waals surface area contributed by atoms with Crippen LogP contribution in [-0.2, 0) is 4.79 Å². The van der Waals surface area contributed by atoms with Crippen LogP contribution < -0.4 is 20.7 Å². The van der Waals surface area contributed by atoms with Crippen LogP contribution in [0.4, 0.5) is 10.5 Å². The van der Waals surface area contributed by atoms with Gasteiger partial charge in [-0.05, 0) is 31.5 Å². The van der Waals surface area contributed by atoms with Crippen LogP contribution in [0, 0.1) is 6.92 Å². The number of nitrogens with one attached hydrogen (secondary N) is 3. The Kier molecular flexibility index (Phi) is 4.93. The molecule has 0 aliphatic carbocycles. The molecule has 1 heterocycles. The Morgan fingerprint density at radius 3 is 2.54 bits per heavy atom. The Labute approximate surface area is 152 Å². The average Bonchev–Trinajstić information content (AvgIpc) is 2.61. The maximum absolute atomic E-state index is 12.9. The third kappa shape index (κ3) is 3.69. The SMILES string of the molecule is COc1cccc(NC(=O)C2=C(C)NC(=O)NC2c2ccc(C)cc2)c1. The van der Waals surface area contributed by atoms with Gasteiger partial charge in [-0.25, -0.2) is 4.79 Å². The van der Waals surface area contributed by atoms with Crippen molar-refractivity contribution in [2.24, 2.45) is 0 Å². The molecule has 0 bridgehead atoms. The zero-order chi connectivity index (χ0) is 18.7. The van der Waals surface area contributed by atoms with Crippen molar-refractivity contribution in [1.82, 2.24) is 10.6 Å². The number of benzene rings is 2. The van der Waals surface area contributed by atoms with Gasteiger partial charge in [-0.15, -0.1) is 0 Å². The third-order valence-corrected chi connectivity index (χ3v) is 4.25. The molecule has 26 heavy (non-hydrogen) atoms. The first kappa shape index (κ1) is 17.5. The van der Waals surface area contributed by atoms with Gasteiger partial charge in [0.25, 0.3) is 5.91 Å². The van der Waals surface area contributed by atoms with E-state index in [0.29, 0.717) is 22.7 Å². The normalized spacial score (nSPS) is 16.6. The van der Waals surface area contributed by atoms with Crippen LogP contribution in [0.1, 0.15) is 24.1 Å². The number of allylic oxidation sites excluding steroid dienone is 1. The largest absolute Gasteiger partial charge is 0.497 e. The van der Waals surface area contributed by atoms with Crippen molar-refractivity contribution in [3.63, 3.8) is 0 Å². The summed E-state index contributed by atoms with van der Waals surface area (Å²) < 4.78 is 5.19. The zero-order valence-electron chi connectivity index (χ0n) is 14.9. The van der Waals surface area contributed by atoms with E-state index in [9.17, 15) is 9.59 Å². The van der Waals surface area contributed by atoms with Crippen LogP contribution in [-0.4, -0.2) is 19.0 Å². The molecule has 0 saturated carbocycles. The van der Waals surface area contributed by atoms with Gasteiger partial charge in [-0.1, -0.05) is 35.9 Å². The maximum atomic E-state index is 12.9. The van der Waals surface area contributed by atoms with Crippen molar-refractivity contribution < 1.29 is 14.3 Å². The van der Waals surface area contributed by atoms with Crippen LogP contribution in [0.2, 0.25) is 0 Å². The molecule has 134 valence electrons. The summed E-state index contributed by atoms with van der Waals surface area (Å²) in [7, 11) is 1.57. The number of carbonyl (C=O) groups is 2. The molecule has 6 nitrogen and oxygen atoms in total. The van der Waals surface area contributed by atoms with Crippen molar-refractivity contribution in [3.8, 4) is 5.75 Å². The van der Waals surface area contributed by atoms with Crippen LogP contribution in [0.25, 0.3) is 0 Å². The Hall–Kier alpha value is -3.28. The van der Waals surface area contributed by atoms with Crippen LogP contribution in [0.5, 0.6) is 5.75 Å². The van der Waals surface area contributed by atoms with Crippen molar-refractivity contribution in [3.05, 3.63) is 70.9 Å². The highest BCUT2D eigenvalue weighted by atomic mass is 16.5. The topological polar surface area (TPSA) is 79.5 Å². The van der Waals surface area contributed by atoms with E-state index in [1.165, 1.54) is 0 Å². The molecule has 6 heteroatoms. The molecule has 2 aromatic carbocycles. The van der Waals surface area contributed by atoms with Crippen LogP contribution in [0.15, 0.2) is 59.8 Å². The second-order valence-corrected chi connectivity index (χ2v) is 6.17. The molecule has 0 saturated heterocycles. The molecular formula is C20H21N3O3. The summed E-state index contributed by atoms with van der Waals surface area (Å²) in [5, 5.41) is 8.38. The molecule has 0 spiro atoms. The highest BCUT2D eigenvalue weighted by Gasteiger charge is 2.31. The fourth-order valence-electron chi connectivity index (χ4n) is 2.90. The second-order valence-electron chi connectivity index (χ2n) is 6.17. The number of carbonyl (C=O) groups excluding carboxylic acids is 2. The standard InChI is InChI=1S/C20H21N3O3/c1-12-7-9-14(10-8-12)18-17(13(2)21-20(25)23-18)19(24)22-15-5-4-6-16(11-15)26-3/h4-11,18H,1-3H3,(H,22,24)(H2,21,23,25). The van der Waals surface area contributed by atoms with Crippen LogP contribution >= 0.6 is 0 Å². The molecule has 1 unspecified atom stereocenters. The number of urea groups is 1. The van der Waals surface area contributed by atoms with Gasteiger partial charge in [0.2, 0.25) is 0 Å². The minimum absolute atomic E-state index is 0.283. The molecule has 3 N–H and O–H groups in total. The minimum Gasteiger partial charge on any atom is -0.497 e. The van der Waals surface area contributed by atoms with Gasteiger partial charge in [-0.3, -0.25) is 4.79 Å². The lowest BCUT2D eigenvalue weighted by Crippen LogP contribution is -2.45. The van der Waals surface area contributed by atoms with Gasteiger partial charge in [-0.2, -0.15) is 0 Å². The molecular weight excluding hydrogens is 330 g/mol. The summed E-state index contributed by atoms with van der Waals surface area (Å²) in [6.45, 7) is 3.71. The molecule has 0 fully saturated rings. The van der Waals surface area contributed by atoms with E-state index in [-0.39, 0.29) is 11.9 Å².